The van der Waals surface area contributed by atoms with Crippen molar-refractivity contribution in [3.8, 4) is 11.5 Å². The van der Waals surface area contributed by atoms with E-state index in [-0.39, 0.29) is 23.8 Å². The first-order valence-corrected chi connectivity index (χ1v) is 6.87. The van der Waals surface area contributed by atoms with Crippen molar-refractivity contribution < 1.29 is 14.3 Å². The van der Waals surface area contributed by atoms with E-state index in [1.165, 1.54) is 12.5 Å². The monoisotopic (exact) mass is 320 g/mol. The highest BCUT2D eigenvalue weighted by atomic mass is 35.5. The van der Waals surface area contributed by atoms with Gasteiger partial charge in [-0.1, -0.05) is 38.1 Å². The lowest BCUT2D eigenvalue weighted by molar-refractivity contribution is -0.131. The van der Waals surface area contributed by atoms with E-state index in [4.69, 9.17) is 9.47 Å². The van der Waals surface area contributed by atoms with E-state index < -0.39 is 0 Å². The molecule has 118 valence electrons. The van der Waals surface area contributed by atoms with Gasteiger partial charge in [0.1, 0.15) is 11.5 Å². The number of hydrogen-bond acceptors (Lipinski definition) is 3. The molecule has 0 bridgehead atoms. The molecular formula is C18H21ClO3. The highest BCUT2D eigenvalue weighted by Crippen LogP contribution is 2.33. The van der Waals surface area contributed by atoms with Crippen LogP contribution in [0.1, 0.15) is 31.9 Å². The maximum absolute atomic E-state index is 10.9. The molecule has 0 fully saturated rings. The molecule has 0 atom stereocenters. The first-order chi connectivity index (χ1) is 9.93. The lowest BCUT2D eigenvalue weighted by atomic mass is 9.78. The van der Waals surface area contributed by atoms with Crippen molar-refractivity contribution in [3.05, 3.63) is 59.7 Å². The lowest BCUT2D eigenvalue weighted by Crippen LogP contribution is -2.18. The fourth-order valence-corrected chi connectivity index (χ4v) is 2.28. The SMILES string of the molecule is COc1ccc(C(C)(C)c2ccc(OC(C)=O)cc2)cc1.Cl. The minimum Gasteiger partial charge on any atom is -0.497 e. The molecule has 0 radical (unpaired) electrons. The standard InChI is InChI=1S/C18H20O3.ClH/c1-13(19)21-17-11-7-15(8-12-17)18(2,3)14-5-9-16(20-4)10-6-14;/h5-12H,1-4H3;1H. The average molecular weight is 321 g/mol. The molecule has 0 aliphatic carbocycles. The Morgan fingerprint density at radius 1 is 0.864 bits per heavy atom. The second-order valence-electron chi connectivity index (χ2n) is 5.47. The Hall–Kier alpha value is -2.00. The zero-order valence-electron chi connectivity index (χ0n) is 13.3. The number of rotatable bonds is 4. The van der Waals surface area contributed by atoms with Crippen molar-refractivity contribution in [2.24, 2.45) is 0 Å². The molecule has 0 saturated carbocycles. The molecule has 0 amide bonds. The van der Waals surface area contributed by atoms with E-state index in [1.54, 1.807) is 7.11 Å². The van der Waals surface area contributed by atoms with Gasteiger partial charge in [-0.05, 0) is 35.4 Å². The third-order valence-electron chi connectivity index (χ3n) is 3.65. The number of benzene rings is 2. The van der Waals surface area contributed by atoms with E-state index >= 15 is 0 Å². The second-order valence-corrected chi connectivity index (χ2v) is 5.47. The first-order valence-electron chi connectivity index (χ1n) is 6.87. The van der Waals surface area contributed by atoms with Crippen molar-refractivity contribution in [1.29, 1.82) is 0 Å². The van der Waals surface area contributed by atoms with Crippen molar-refractivity contribution in [1.82, 2.24) is 0 Å². The molecule has 4 heteroatoms. The average Bonchev–Trinajstić information content (AvgIpc) is 2.47. The Labute approximate surface area is 137 Å². The minimum atomic E-state index is -0.308. The summed E-state index contributed by atoms with van der Waals surface area (Å²) >= 11 is 0. The van der Waals surface area contributed by atoms with Gasteiger partial charge in [-0.2, -0.15) is 0 Å². The molecule has 0 aromatic heterocycles. The quantitative estimate of drug-likeness (QED) is 0.620. The summed E-state index contributed by atoms with van der Waals surface area (Å²) in [7, 11) is 1.66. The van der Waals surface area contributed by atoms with Gasteiger partial charge in [0.2, 0.25) is 0 Å². The summed E-state index contributed by atoms with van der Waals surface area (Å²) in [5, 5.41) is 0. The Balaban J connectivity index is 0.00000242. The Morgan fingerprint density at radius 2 is 1.27 bits per heavy atom. The molecule has 0 aliphatic rings. The van der Waals surface area contributed by atoms with Crippen LogP contribution >= 0.6 is 12.4 Å². The Bertz CT molecular complexity index is 616. The van der Waals surface area contributed by atoms with Gasteiger partial charge in [-0.3, -0.25) is 4.79 Å². The molecule has 0 spiro atoms. The molecule has 0 saturated heterocycles. The molecule has 22 heavy (non-hydrogen) atoms. The van der Waals surface area contributed by atoms with Crippen LogP contribution in [0.15, 0.2) is 48.5 Å². The molecule has 2 aromatic carbocycles. The zero-order valence-corrected chi connectivity index (χ0v) is 14.1. The van der Waals surface area contributed by atoms with Crippen molar-refractivity contribution in [3.63, 3.8) is 0 Å². The topological polar surface area (TPSA) is 35.5 Å². The summed E-state index contributed by atoms with van der Waals surface area (Å²) in [4.78, 5) is 10.9. The van der Waals surface area contributed by atoms with Gasteiger partial charge in [-0.15, -0.1) is 12.4 Å². The molecule has 2 aromatic rings. The summed E-state index contributed by atoms with van der Waals surface area (Å²) in [6.07, 6.45) is 0. The van der Waals surface area contributed by atoms with Crippen LogP contribution in [0.25, 0.3) is 0 Å². The molecule has 0 heterocycles. The molecule has 0 unspecified atom stereocenters. The van der Waals surface area contributed by atoms with E-state index in [2.05, 4.69) is 26.0 Å². The number of carbonyl (C=O) groups is 1. The van der Waals surface area contributed by atoms with E-state index in [1.807, 2.05) is 36.4 Å². The highest BCUT2D eigenvalue weighted by molar-refractivity contribution is 5.85. The number of esters is 1. The van der Waals surface area contributed by atoms with Crippen LogP contribution < -0.4 is 9.47 Å². The molecule has 2 rings (SSSR count). The molecule has 0 N–H and O–H groups in total. The Kier molecular flexibility index (Phi) is 6.01. The van der Waals surface area contributed by atoms with Gasteiger partial charge in [0.15, 0.2) is 0 Å². The summed E-state index contributed by atoms with van der Waals surface area (Å²) < 4.78 is 10.3. The van der Waals surface area contributed by atoms with Crippen LogP contribution in [-0.4, -0.2) is 13.1 Å². The molecule has 3 nitrogen and oxygen atoms in total. The normalized spacial score (nSPS) is 10.5. The van der Waals surface area contributed by atoms with Crippen molar-refractivity contribution in [2.45, 2.75) is 26.2 Å². The van der Waals surface area contributed by atoms with Crippen LogP contribution in [0.3, 0.4) is 0 Å². The van der Waals surface area contributed by atoms with E-state index in [0.29, 0.717) is 5.75 Å². The number of methoxy groups -OCH3 is 1. The van der Waals surface area contributed by atoms with Gasteiger partial charge in [0, 0.05) is 12.3 Å². The summed E-state index contributed by atoms with van der Waals surface area (Å²) in [6.45, 7) is 5.72. The number of hydrogen-bond donors (Lipinski definition) is 0. The molecule has 0 aliphatic heterocycles. The lowest BCUT2D eigenvalue weighted by Gasteiger charge is -2.26. The predicted molar refractivity (Wildman–Crippen MR) is 90.1 cm³/mol. The van der Waals surface area contributed by atoms with Crippen LogP contribution in [0.5, 0.6) is 11.5 Å². The predicted octanol–water partition coefficient (Wildman–Crippen LogP) is 4.37. The van der Waals surface area contributed by atoms with Crippen LogP contribution in [0, 0.1) is 0 Å². The Morgan fingerprint density at radius 3 is 1.64 bits per heavy atom. The summed E-state index contributed by atoms with van der Waals surface area (Å²) in [5.41, 5.74) is 2.22. The number of carbonyl (C=O) groups excluding carboxylic acids is 1. The summed E-state index contributed by atoms with van der Waals surface area (Å²) in [5.74, 6) is 1.11. The number of ether oxygens (including phenoxy) is 2. The van der Waals surface area contributed by atoms with Gasteiger partial charge in [-0.25, -0.2) is 0 Å². The van der Waals surface area contributed by atoms with Gasteiger partial charge in [0.05, 0.1) is 7.11 Å². The molecular weight excluding hydrogens is 300 g/mol. The maximum atomic E-state index is 10.9. The fourth-order valence-electron chi connectivity index (χ4n) is 2.28. The van der Waals surface area contributed by atoms with E-state index in [0.717, 1.165) is 11.3 Å². The zero-order chi connectivity index (χ0) is 15.5. The minimum absolute atomic E-state index is 0. The van der Waals surface area contributed by atoms with E-state index in [9.17, 15) is 4.79 Å². The van der Waals surface area contributed by atoms with Crippen LogP contribution in [0.2, 0.25) is 0 Å². The fraction of sp³-hybridized carbons (Fsp3) is 0.278. The van der Waals surface area contributed by atoms with Crippen LogP contribution in [-0.2, 0) is 10.2 Å². The largest absolute Gasteiger partial charge is 0.497 e. The first kappa shape index (κ1) is 18.1. The van der Waals surface area contributed by atoms with Crippen LogP contribution in [0.4, 0.5) is 0 Å². The smallest absolute Gasteiger partial charge is 0.308 e. The highest BCUT2D eigenvalue weighted by Gasteiger charge is 2.23. The van der Waals surface area contributed by atoms with Gasteiger partial charge >= 0.3 is 5.97 Å². The van der Waals surface area contributed by atoms with Gasteiger partial charge < -0.3 is 9.47 Å². The summed E-state index contributed by atoms with van der Waals surface area (Å²) in [6, 6.07) is 15.7. The maximum Gasteiger partial charge on any atom is 0.308 e. The second kappa shape index (κ2) is 7.32. The van der Waals surface area contributed by atoms with Crippen molar-refractivity contribution >= 4 is 18.4 Å². The third-order valence-corrected chi connectivity index (χ3v) is 3.65. The van der Waals surface area contributed by atoms with Gasteiger partial charge in [0.25, 0.3) is 0 Å². The van der Waals surface area contributed by atoms with Crippen molar-refractivity contribution in [2.75, 3.05) is 7.11 Å². The number of halogens is 1. The third kappa shape index (κ3) is 4.01.